The van der Waals surface area contributed by atoms with Crippen LogP contribution in [0.2, 0.25) is 0 Å². The summed E-state index contributed by atoms with van der Waals surface area (Å²) in [4.78, 5) is 27.9. The van der Waals surface area contributed by atoms with E-state index in [4.69, 9.17) is 14.7 Å². The van der Waals surface area contributed by atoms with Gasteiger partial charge in [0.2, 0.25) is 5.95 Å². The van der Waals surface area contributed by atoms with Gasteiger partial charge in [-0.2, -0.15) is 10.1 Å². The van der Waals surface area contributed by atoms with Crippen molar-refractivity contribution in [2.75, 3.05) is 44.0 Å². The quantitative estimate of drug-likeness (QED) is 0.236. The number of carbonyl (C=O) groups is 1. The van der Waals surface area contributed by atoms with Crippen LogP contribution in [0.4, 0.5) is 11.8 Å². The molecule has 1 aliphatic heterocycles. The minimum absolute atomic E-state index is 0.0275. The zero-order chi connectivity index (χ0) is 32.9. The zero-order valence-corrected chi connectivity index (χ0v) is 29.2. The Labute approximate surface area is 281 Å². The lowest BCUT2D eigenvalue weighted by atomic mass is 9.77. The highest BCUT2D eigenvalue weighted by atomic mass is 16.5. The van der Waals surface area contributed by atoms with Gasteiger partial charge in [0.15, 0.2) is 0 Å². The maximum atomic E-state index is 12.2. The van der Waals surface area contributed by atoms with Crippen LogP contribution in [0.5, 0.6) is 0 Å². The van der Waals surface area contributed by atoms with Gasteiger partial charge in [0.1, 0.15) is 5.82 Å². The predicted molar refractivity (Wildman–Crippen MR) is 188 cm³/mol. The predicted octanol–water partition coefficient (Wildman–Crippen LogP) is 6.56. The Morgan fingerprint density at radius 3 is 2.57 bits per heavy atom. The van der Waals surface area contributed by atoms with Crippen LogP contribution in [0.15, 0.2) is 42.7 Å². The minimum Gasteiger partial charge on any atom is -0.469 e. The van der Waals surface area contributed by atoms with Gasteiger partial charge in [0.05, 0.1) is 31.0 Å². The van der Waals surface area contributed by atoms with Crippen molar-refractivity contribution in [3.8, 4) is 0 Å². The SMILES string of the molecule is CC[C@H](C1CCC(C(=O)OC)CC1)N(C)c1nc2c(c(N[C@@H](CN3CCC[C@H](C)C3)c3cnn(C)c3)n1)C[C@H](c1ccccc1)CC2. The topological polar surface area (TPSA) is 88.4 Å². The second-order valence-electron chi connectivity index (χ2n) is 14.5. The van der Waals surface area contributed by atoms with Crippen molar-refractivity contribution in [1.29, 1.82) is 0 Å². The lowest BCUT2D eigenvalue weighted by Gasteiger charge is -2.38. The van der Waals surface area contributed by atoms with Gasteiger partial charge in [-0.1, -0.05) is 44.2 Å². The lowest BCUT2D eigenvalue weighted by molar-refractivity contribution is -0.146. The van der Waals surface area contributed by atoms with Gasteiger partial charge in [-0.05, 0) is 94.1 Å². The summed E-state index contributed by atoms with van der Waals surface area (Å²) in [6.45, 7) is 7.82. The molecule has 1 N–H and O–H groups in total. The van der Waals surface area contributed by atoms with Gasteiger partial charge in [0, 0.05) is 50.6 Å². The number of hydrogen-bond acceptors (Lipinski definition) is 8. The summed E-state index contributed by atoms with van der Waals surface area (Å²) in [5, 5.41) is 8.57. The molecule has 47 heavy (non-hydrogen) atoms. The molecule has 2 aromatic heterocycles. The Morgan fingerprint density at radius 1 is 1.11 bits per heavy atom. The monoisotopic (exact) mass is 641 g/mol. The Hall–Kier alpha value is -3.46. The summed E-state index contributed by atoms with van der Waals surface area (Å²) in [6.07, 6.45) is 14.5. The Kier molecular flexibility index (Phi) is 10.8. The van der Waals surface area contributed by atoms with Crippen LogP contribution >= 0.6 is 0 Å². The standard InChI is InChI=1S/C38H55N7O2/c1-6-35(28-14-16-29(17-15-28)37(46)47-5)44(4)38-41-33-19-18-30(27-12-8-7-9-13-27)21-32(33)36(42-38)40-34(31-22-39-43(3)24-31)25-45-20-10-11-26(2)23-45/h7-9,12-13,22,24,26,28-30,34-35H,6,10-11,14-21,23,25H2,1-5H3,(H,40,41,42)/t26-,28?,29?,30+,34-,35+/m0/s1. The van der Waals surface area contributed by atoms with E-state index in [0.29, 0.717) is 23.8 Å². The van der Waals surface area contributed by atoms with Gasteiger partial charge >= 0.3 is 5.97 Å². The Morgan fingerprint density at radius 2 is 1.89 bits per heavy atom. The maximum absolute atomic E-state index is 12.2. The molecule has 6 rings (SSSR count). The van der Waals surface area contributed by atoms with Gasteiger partial charge in [-0.15, -0.1) is 0 Å². The van der Waals surface area contributed by atoms with Gasteiger partial charge in [-0.25, -0.2) is 4.98 Å². The van der Waals surface area contributed by atoms with E-state index in [2.05, 4.69) is 77.6 Å². The second kappa shape index (κ2) is 15.2. The first kappa shape index (κ1) is 33.4. The first-order valence-corrected chi connectivity index (χ1v) is 18.1. The van der Waals surface area contributed by atoms with Crippen molar-refractivity contribution < 1.29 is 9.53 Å². The number of piperidine rings is 1. The van der Waals surface area contributed by atoms with E-state index >= 15 is 0 Å². The van der Waals surface area contributed by atoms with Crippen LogP contribution in [-0.4, -0.2) is 70.5 Å². The maximum Gasteiger partial charge on any atom is 0.308 e. The van der Waals surface area contributed by atoms with Crippen molar-refractivity contribution >= 4 is 17.7 Å². The average Bonchev–Trinajstić information content (AvgIpc) is 3.54. The molecule has 4 atom stereocenters. The number of hydrogen-bond donors (Lipinski definition) is 1. The van der Waals surface area contributed by atoms with Crippen molar-refractivity contribution in [2.24, 2.45) is 24.8 Å². The highest BCUT2D eigenvalue weighted by molar-refractivity contribution is 5.72. The van der Waals surface area contributed by atoms with E-state index in [0.717, 1.165) is 82.8 Å². The molecule has 0 bridgehead atoms. The summed E-state index contributed by atoms with van der Waals surface area (Å²) >= 11 is 0. The number of fused-ring (bicyclic) bond motifs is 1. The van der Waals surface area contributed by atoms with Gasteiger partial charge in [-0.3, -0.25) is 9.48 Å². The number of anilines is 2. The van der Waals surface area contributed by atoms with E-state index in [9.17, 15) is 4.79 Å². The molecule has 254 valence electrons. The molecular weight excluding hydrogens is 586 g/mol. The molecule has 3 aliphatic rings. The number of aryl methyl sites for hydroxylation is 2. The van der Waals surface area contributed by atoms with Crippen LogP contribution in [0.1, 0.15) is 99.6 Å². The highest BCUT2D eigenvalue weighted by Crippen LogP contribution is 2.39. The van der Waals surface area contributed by atoms with Gasteiger partial charge < -0.3 is 19.9 Å². The van der Waals surface area contributed by atoms with E-state index in [1.54, 1.807) is 0 Å². The molecule has 0 spiro atoms. The molecule has 3 aromatic rings. The lowest BCUT2D eigenvalue weighted by Crippen LogP contribution is -2.41. The molecule has 1 saturated carbocycles. The second-order valence-corrected chi connectivity index (χ2v) is 14.5. The fraction of sp³-hybridized carbons (Fsp3) is 0.632. The molecule has 9 heteroatoms. The van der Waals surface area contributed by atoms with Gasteiger partial charge in [0.25, 0.3) is 0 Å². The van der Waals surface area contributed by atoms with E-state index in [-0.39, 0.29) is 17.9 Å². The summed E-state index contributed by atoms with van der Waals surface area (Å²) in [7, 11) is 5.68. The van der Waals surface area contributed by atoms with Crippen LogP contribution in [0.25, 0.3) is 0 Å². The number of ether oxygens (including phenoxy) is 1. The van der Waals surface area contributed by atoms with Crippen LogP contribution in [0, 0.1) is 17.8 Å². The Bertz CT molecular complexity index is 1470. The smallest absolute Gasteiger partial charge is 0.308 e. The van der Waals surface area contributed by atoms with Crippen molar-refractivity contribution in [3.63, 3.8) is 0 Å². The third-order valence-electron chi connectivity index (χ3n) is 11.2. The molecular formula is C38H55N7O2. The molecule has 3 heterocycles. The van der Waals surface area contributed by atoms with E-state index < -0.39 is 0 Å². The Balaban J connectivity index is 1.32. The number of aromatic nitrogens is 4. The molecule has 0 amide bonds. The molecule has 9 nitrogen and oxygen atoms in total. The number of carbonyl (C=O) groups excluding carboxylic acids is 1. The summed E-state index contributed by atoms with van der Waals surface area (Å²) in [5.41, 5.74) is 5.02. The van der Waals surface area contributed by atoms with E-state index in [1.807, 2.05) is 17.9 Å². The summed E-state index contributed by atoms with van der Waals surface area (Å²) in [6, 6.07) is 11.3. The fourth-order valence-electron chi connectivity index (χ4n) is 8.59. The number of rotatable bonds is 11. The van der Waals surface area contributed by atoms with Crippen LogP contribution in [0.3, 0.4) is 0 Å². The molecule has 1 aromatic carbocycles. The number of benzene rings is 1. The molecule has 2 aliphatic carbocycles. The number of methoxy groups -OCH3 is 1. The number of nitrogens with zero attached hydrogens (tertiary/aromatic N) is 6. The molecule has 2 fully saturated rings. The molecule has 0 radical (unpaired) electrons. The van der Waals surface area contributed by atoms with Crippen molar-refractivity contribution in [3.05, 3.63) is 65.1 Å². The third kappa shape index (κ3) is 7.82. The first-order chi connectivity index (χ1) is 22.8. The third-order valence-corrected chi connectivity index (χ3v) is 11.2. The largest absolute Gasteiger partial charge is 0.469 e. The number of likely N-dealkylation sites (tertiary alicyclic amines) is 1. The number of nitrogens with one attached hydrogen (secondary N) is 1. The van der Waals surface area contributed by atoms with E-state index in [1.165, 1.54) is 42.3 Å². The molecule has 0 unspecified atom stereocenters. The van der Waals surface area contributed by atoms with Crippen LogP contribution in [-0.2, 0) is 29.4 Å². The zero-order valence-electron chi connectivity index (χ0n) is 29.2. The average molecular weight is 642 g/mol. The molecule has 1 saturated heterocycles. The minimum atomic E-state index is -0.0606. The summed E-state index contributed by atoms with van der Waals surface area (Å²) in [5.74, 6) is 3.40. The fourth-order valence-corrected chi connectivity index (χ4v) is 8.59. The highest BCUT2D eigenvalue weighted by Gasteiger charge is 2.34. The van der Waals surface area contributed by atoms with Crippen LogP contribution < -0.4 is 10.2 Å². The number of esters is 1. The van der Waals surface area contributed by atoms with Crippen molar-refractivity contribution in [2.45, 2.75) is 96.1 Å². The normalized spacial score (nSPS) is 24.6. The first-order valence-electron chi connectivity index (χ1n) is 18.1. The summed E-state index contributed by atoms with van der Waals surface area (Å²) < 4.78 is 6.97. The van der Waals surface area contributed by atoms with Crippen molar-refractivity contribution in [1.82, 2.24) is 24.6 Å².